The monoisotopic (exact) mass is 254 g/mol. The van der Waals surface area contributed by atoms with Crippen LogP contribution in [0.1, 0.15) is 13.8 Å². The number of sulfone groups is 1. The molecule has 92 valence electrons. The fraction of sp³-hybridized carbons (Fsp3) is 0.417. The molecule has 1 aromatic carbocycles. The largest absolute Gasteiger partial charge is 0.461 e. The zero-order valence-electron chi connectivity index (χ0n) is 9.66. The van der Waals surface area contributed by atoms with Crippen LogP contribution in [0.3, 0.4) is 0 Å². The van der Waals surface area contributed by atoms with Gasteiger partial charge in [0, 0.05) is 5.92 Å². The highest BCUT2D eigenvalue weighted by molar-refractivity contribution is 7.92. The molecule has 4 nitrogen and oxygen atoms in total. The van der Waals surface area contributed by atoms with Crippen LogP contribution < -0.4 is 0 Å². The summed E-state index contributed by atoms with van der Waals surface area (Å²) in [5.74, 6) is -0.971. The Kier molecular flexibility index (Phi) is 2.95. The molecule has 1 aliphatic heterocycles. The van der Waals surface area contributed by atoms with E-state index in [4.69, 9.17) is 4.74 Å². The lowest BCUT2D eigenvalue weighted by molar-refractivity contribution is -0.140. The van der Waals surface area contributed by atoms with Crippen molar-refractivity contribution < 1.29 is 17.9 Å². The first-order valence-corrected chi connectivity index (χ1v) is 6.98. The standard InChI is InChI=1S/C12H14O4S/c1-8-9(2)16-12(13)11(8)17(14,15)10-6-4-3-5-7-10/h3-9,11H,1-2H3/t8-,9+,11-/m0/s1. The molecular formula is C12H14O4S. The van der Waals surface area contributed by atoms with Crippen molar-refractivity contribution in [2.45, 2.75) is 30.1 Å². The second kappa shape index (κ2) is 4.14. The van der Waals surface area contributed by atoms with E-state index >= 15 is 0 Å². The van der Waals surface area contributed by atoms with Gasteiger partial charge in [-0.3, -0.25) is 4.79 Å². The topological polar surface area (TPSA) is 60.4 Å². The molecule has 3 atom stereocenters. The zero-order valence-corrected chi connectivity index (χ0v) is 10.5. The number of hydrogen-bond acceptors (Lipinski definition) is 4. The lowest BCUT2D eigenvalue weighted by atomic mass is 10.1. The second-order valence-electron chi connectivity index (χ2n) is 4.28. The van der Waals surface area contributed by atoms with Crippen LogP contribution in [-0.4, -0.2) is 25.7 Å². The highest BCUT2D eigenvalue weighted by Gasteiger charge is 2.48. The van der Waals surface area contributed by atoms with Crippen molar-refractivity contribution in [3.8, 4) is 0 Å². The molecule has 5 heteroatoms. The molecule has 0 radical (unpaired) electrons. The van der Waals surface area contributed by atoms with Gasteiger partial charge in [0.05, 0.1) is 4.90 Å². The molecule has 1 heterocycles. The summed E-state index contributed by atoms with van der Waals surface area (Å²) in [5.41, 5.74) is 0. The van der Waals surface area contributed by atoms with E-state index < -0.39 is 21.1 Å². The number of carbonyl (C=O) groups excluding carboxylic acids is 1. The second-order valence-corrected chi connectivity index (χ2v) is 6.35. The van der Waals surface area contributed by atoms with E-state index in [2.05, 4.69) is 0 Å². The summed E-state index contributed by atoms with van der Waals surface area (Å²) in [5, 5.41) is -1.08. The molecule has 0 spiro atoms. The van der Waals surface area contributed by atoms with Crippen molar-refractivity contribution >= 4 is 15.8 Å². The average molecular weight is 254 g/mol. The van der Waals surface area contributed by atoms with E-state index in [1.54, 1.807) is 32.0 Å². The average Bonchev–Trinajstić information content (AvgIpc) is 2.54. The molecule has 1 aliphatic rings. The normalized spacial score (nSPS) is 29.1. The van der Waals surface area contributed by atoms with Crippen LogP contribution in [-0.2, 0) is 19.4 Å². The smallest absolute Gasteiger partial charge is 0.325 e. The molecule has 0 unspecified atom stereocenters. The van der Waals surface area contributed by atoms with Gasteiger partial charge in [-0.25, -0.2) is 8.42 Å². The first-order valence-electron chi connectivity index (χ1n) is 5.44. The molecule has 0 N–H and O–H groups in total. The first-order chi connectivity index (χ1) is 7.94. The summed E-state index contributed by atoms with van der Waals surface area (Å²) in [7, 11) is -3.64. The Morgan fingerprint density at radius 1 is 1.12 bits per heavy atom. The Bertz CT molecular complexity index is 521. The van der Waals surface area contributed by atoms with Crippen molar-refractivity contribution in [2.24, 2.45) is 5.92 Å². The van der Waals surface area contributed by atoms with Gasteiger partial charge in [0.2, 0.25) is 0 Å². The van der Waals surface area contributed by atoms with Gasteiger partial charge in [-0.05, 0) is 19.1 Å². The molecule has 0 saturated carbocycles. The molecule has 1 fully saturated rings. The van der Waals surface area contributed by atoms with Gasteiger partial charge < -0.3 is 4.74 Å². The highest BCUT2D eigenvalue weighted by Crippen LogP contribution is 2.31. The predicted octanol–water partition coefficient (Wildman–Crippen LogP) is 1.41. The summed E-state index contributed by atoms with van der Waals surface area (Å²) in [4.78, 5) is 11.8. The van der Waals surface area contributed by atoms with Crippen LogP contribution in [0, 0.1) is 5.92 Å². The van der Waals surface area contributed by atoms with Gasteiger partial charge in [-0.2, -0.15) is 0 Å². The number of cyclic esters (lactones) is 1. The van der Waals surface area contributed by atoms with Gasteiger partial charge in [0.1, 0.15) is 6.10 Å². The van der Waals surface area contributed by atoms with E-state index in [9.17, 15) is 13.2 Å². The molecule has 0 aliphatic carbocycles. The maximum absolute atomic E-state index is 12.3. The summed E-state index contributed by atoms with van der Waals surface area (Å²) in [6.45, 7) is 3.43. The Balaban J connectivity index is 2.44. The molecular weight excluding hydrogens is 240 g/mol. The van der Waals surface area contributed by atoms with Crippen molar-refractivity contribution in [1.29, 1.82) is 0 Å². The molecule has 1 aromatic rings. The van der Waals surface area contributed by atoms with E-state index in [1.807, 2.05) is 0 Å². The van der Waals surface area contributed by atoms with E-state index in [-0.39, 0.29) is 16.9 Å². The van der Waals surface area contributed by atoms with Crippen LogP contribution in [0.15, 0.2) is 35.2 Å². The quantitative estimate of drug-likeness (QED) is 0.749. The first kappa shape index (κ1) is 12.1. The van der Waals surface area contributed by atoms with Gasteiger partial charge in [-0.1, -0.05) is 25.1 Å². The minimum Gasteiger partial charge on any atom is -0.461 e. The van der Waals surface area contributed by atoms with Crippen LogP contribution in [0.2, 0.25) is 0 Å². The maximum atomic E-state index is 12.3. The Morgan fingerprint density at radius 3 is 2.18 bits per heavy atom. The van der Waals surface area contributed by atoms with Crippen molar-refractivity contribution in [2.75, 3.05) is 0 Å². The lowest BCUT2D eigenvalue weighted by Crippen LogP contribution is -2.31. The Morgan fingerprint density at radius 2 is 1.71 bits per heavy atom. The zero-order chi connectivity index (χ0) is 12.6. The summed E-state index contributed by atoms with van der Waals surface area (Å²) in [6, 6.07) is 8.01. The Hall–Kier alpha value is -1.36. The number of rotatable bonds is 2. The molecule has 0 bridgehead atoms. The number of carbonyl (C=O) groups is 1. The van der Waals surface area contributed by atoms with Gasteiger partial charge in [0.15, 0.2) is 15.1 Å². The lowest BCUT2D eigenvalue weighted by Gasteiger charge is -2.13. The fourth-order valence-corrected chi connectivity index (χ4v) is 3.91. The summed E-state index contributed by atoms with van der Waals surface area (Å²) < 4.78 is 29.6. The number of benzene rings is 1. The van der Waals surface area contributed by atoms with Gasteiger partial charge in [-0.15, -0.1) is 0 Å². The van der Waals surface area contributed by atoms with Crippen LogP contribution in [0.25, 0.3) is 0 Å². The molecule has 1 saturated heterocycles. The third-order valence-corrected chi connectivity index (χ3v) is 5.38. The SMILES string of the molecule is C[C@@H]1[C@H](S(=O)(=O)c2ccccc2)C(=O)O[C@@H]1C. The highest BCUT2D eigenvalue weighted by atomic mass is 32.2. The predicted molar refractivity (Wildman–Crippen MR) is 62.1 cm³/mol. The van der Waals surface area contributed by atoms with E-state index in [0.717, 1.165) is 0 Å². The van der Waals surface area contributed by atoms with Crippen molar-refractivity contribution in [3.63, 3.8) is 0 Å². The van der Waals surface area contributed by atoms with Gasteiger partial charge >= 0.3 is 5.97 Å². The van der Waals surface area contributed by atoms with Gasteiger partial charge in [0.25, 0.3) is 0 Å². The Labute approximate surface area is 101 Å². The van der Waals surface area contributed by atoms with Crippen LogP contribution >= 0.6 is 0 Å². The van der Waals surface area contributed by atoms with E-state index in [0.29, 0.717) is 0 Å². The van der Waals surface area contributed by atoms with Crippen molar-refractivity contribution in [1.82, 2.24) is 0 Å². The molecule has 17 heavy (non-hydrogen) atoms. The van der Waals surface area contributed by atoms with E-state index in [1.165, 1.54) is 12.1 Å². The number of ether oxygens (including phenoxy) is 1. The molecule has 0 aromatic heterocycles. The maximum Gasteiger partial charge on any atom is 0.325 e. The minimum atomic E-state index is -3.64. The minimum absolute atomic E-state index is 0.169. The molecule has 0 amide bonds. The summed E-state index contributed by atoms with van der Waals surface area (Å²) in [6.07, 6.45) is -0.356. The third-order valence-electron chi connectivity index (χ3n) is 3.16. The third kappa shape index (κ3) is 1.95. The fourth-order valence-electron chi connectivity index (χ4n) is 1.98. The number of esters is 1. The van der Waals surface area contributed by atoms with Crippen LogP contribution in [0.5, 0.6) is 0 Å². The molecule has 2 rings (SSSR count). The number of hydrogen-bond donors (Lipinski definition) is 0. The summed E-state index contributed by atoms with van der Waals surface area (Å²) >= 11 is 0. The van der Waals surface area contributed by atoms with Crippen LogP contribution in [0.4, 0.5) is 0 Å². The van der Waals surface area contributed by atoms with Crippen molar-refractivity contribution in [3.05, 3.63) is 30.3 Å².